The molecule has 0 aromatic heterocycles. The van der Waals surface area contributed by atoms with Crippen LogP contribution in [0, 0.1) is 5.92 Å². The molecule has 0 bridgehead atoms. The van der Waals surface area contributed by atoms with Gasteiger partial charge in [-0.1, -0.05) is 25.5 Å². The Hall–Kier alpha value is -0.760. The van der Waals surface area contributed by atoms with Crippen LogP contribution in [0.15, 0.2) is 23.4 Å². The number of rotatable bonds is 2. The maximum Gasteiger partial charge on any atom is 0.0642 e. The summed E-state index contributed by atoms with van der Waals surface area (Å²) in [6, 6.07) is 0. The van der Waals surface area contributed by atoms with Crippen molar-refractivity contribution >= 4 is 0 Å². The van der Waals surface area contributed by atoms with Crippen LogP contribution in [-0.4, -0.2) is 31.2 Å². The standard InChI is InChI=1S/C13H21NO/c1-11(2)12-3-5-13(6-4-12)14-7-9-15-10-8-14/h3,5,11H,4,6-10H2,1-2H3. The second kappa shape index (κ2) is 4.84. The highest BCUT2D eigenvalue weighted by Gasteiger charge is 2.16. The van der Waals surface area contributed by atoms with Gasteiger partial charge in [0.25, 0.3) is 0 Å². The summed E-state index contributed by atoms with van der Waals surface area (Å²) >= 11 is 0. The minimum Gasteiger partial charge on any atom is -0.378 e. The van der Waals surface area contributed by atoms with Crippen LogP contribution in [0.3, 0.4) is 0 Å². The Labute approximate surface area is 92.6 Å². The quantitative estimate of drug-likeness (QED) is 0.690. The summed E-state index contributed by atoms with van der Waals surface area (Å²) in [5, 5.41) is 0. The van der Waals surface area contributed by atoms with E-state index in [0.29, 0.717) is 5.92 Å². The molecule has 0 saturated carbocycles. The number of allylic oxidation sites excluding steroid dienone is 4. The van der Waals surface area contributed by atoms with E-state index in [-0.39, 0.29) is 0 Å². The second-order valence-electron chi connectivity index (χ2n) is 4.65. The third kappa shape index (κ3) is 2.63. The molecule has 0 aromatic rings. The van der Waals surface area contributed by atoms with Gasteiger partial charge in [0.1, 0.15) is 0 Å². The summed E-state index contributed by atoms with van der Waals surface area (Å²) in [5.41, 5.74) is 3.09. The number of nitrogens with zero attached hydrogens (tertiary/aromatic N) is 1. The molecule has 0 amide bonds. The van der Waals surface area contributed by atoms with Gasteiger partial charge in [-0.2, -0.15) is 0 Å². The van der Waals surface area contributed by atoms with Gasteiger partial charge in [0.15, 0.2) is 0 Å². The first kappa shape index (κ1) is 10.7. The fourth-order valence-corrected chi connectivity index (χ4v) is 2.24. The van der Waals surface area contributed by atoms with Crippen LogP contribution in [0.25, 0.3) is 0 Å². The second-order valence-corrected chi connectivity index (χ2v) is 4.65. The van der Waals surface area contributed by atoms with Crippen molar-refractivity contribution in [2.24, 2.45) is 5.92 Å². The van der Waals surface area contributed by atoms with Crippen molar-refractivity contribution in [3.63, 3.8) is 0 Å². The van der Waals surface area contributed by atoms with Crippen LogP contribution in [0.1, 0.15) is 26.7 Å². The van der Waals surface area contributed by atoms with Crippen LogP contribution in [-0.2, 0) is 4.74 Å². The van der Waals surface area contributed by atoms with E-state index in [1.165, 1.54) is 18.5 Å². The third-order valence-corrected chi connectivity index (χ3v) is 3.32. The highest BCUT2D eigenvalue weighted by atomic mass is 16.5. The maximum atomic E-state index is 5.37. The van der Waals surface area contributed by atoms with Gasteiger partial charge < -0.3 is 9.64 Å². The van der Waals surface area contributed by atoms with E-state index >= 15 is 0 Å². The van der Waals surface area contributed by atoms with E-state index in [4.69, 9.17) is 4.74 Å². The Bertz CT molecular complexity index is 272. The van der Waals surface area contributed by atoms with Crippen LogP contribution < -0.4 is 0 Å². The van der Waals surface area contributed by atoms with E-state index in [0.717, 1.165) is 26.3 Å². The van der Waals surface area contributed by atoms with Crippen molar-refractivity contribution in [3.05, 3.63) is 23.4 Å². The molecule has 15 heavy (non-hydrogen) atoms. The molecule has 0 spiro atoms. The molecule has 1 aliphatic carbocycles. The van der Waals surface area contributed by atoms with E-state index in [9.17, 15) is 0 Å². The number of morpholine rings is 1. The normalized spacial score (nSPS) is 22.7. The number of hydrogen-bond donors (Lipinski definition) is 0. The van der Waals surface area contributed by atoms with Gasteiger partial charge in [0, 0.05) is 18.8 Å². The van der Waals surface area contributed by atoms with Crippen LogP contribution in [0.2, 0.25) is 0 Å². The van der Waals surface area contributed by atoms with Gasteiger partial charge in [-0.25, -0.2) is 0 Å². The zero-order valence-electron chi connectivity index (χ0n) is 9.83. The molecule has 0 unspecified atom stereocenters. The van der Waals surface area contributed by atoms with Crippen molar-refractivity contribution in [2.45, 2.75) is 26.7 Å². The summed E-state index contributed by atoms with van der Waals surface area (Å²) < 4.78 is 5.37. The first-order chi connectivity index (χ1) is 7.27. The van der Waals surface area contributed by atoms with Gasteiger partial charge in [-0.05, 0) is 24.8 Å². The molecule has 1 heterocycles. The largest absolute Gasteiger partial charge is 0.378 e. The zero-order chi connectivity index (χ0) is 10.7. The van der Waals surface area contributed by atoms with E-state index in [1.54, 1.807) is 5.57 Å². The summed E-state index contributed by atoms with van der Waals surface area (Å²) in [4.78, 5) is 2.47. The average molecular weight is 207 g/mol. The predicted octanol–water partition coefficient (Wildman–Crippen LogP) is 2.58. The van der Waals surface area contributed by atoms with E-state index in [1.807, 2.05) is 0 Å². The topological polar surface area (TPSA) is 12.5 Å². The van der Waals surface area contributed by atoms with Gasteiger partial charge in [0.2, 0.25) is 0 Å². The summed E-state index contributed by atoms with van der Waals surface area (Å²) in [5.74, 6) is 0.701. The Balaban J connectivity index is 1.99. The lowest BCUT2D eigenvalue weighted by molar-refractivity contribution is 0.0519. The molecule has 84 valence electrons. The molecule has 1 fully saturated rings. The lowest BCUT2D eigenvalue weighted by atomic mass is 9.93. The third-order valence-electron chi connectivity index (χ3n) is 3.32. The monoisotopic (exact) mass is 207 g/mol. The van der Waals surface area contributed by atoms with Gasteiger partial charge >= 0.3 is 0 Å². The summed E-state index contributed by atoms with van der Waals surface area (Å²) in [7, 11) is 0. The zero-order valence-corrected chi connectivity index (χ0v) is 9.83. The van der Waals surface area contributed by atoms with Crippen LogP contribution >= 0.6 is 0 Å². The van der Waals surface area contributed by atoms with E-state index < -0.39 is 0 Å². The Morgan fingerprint density at radius 1 is 1.13 bits per heavy atom. The summed E-state index contributed by atoms with van der Waals surface area (Å²) in [6.07, 6.45) is 7.08. The smallest absolute Gasteiger partial charge is 0.0642 e. The van der Waals surface area contributed by atoms with Crippen molar-refractivity contribution in [3.8, 4) is 0 Å². The highest BCUT2D eigenvalue weighted by Crippen LogP contribution is 2.26. The van der Waals surface area contributed by atoms with Crippen molar-refractivity contribution < 1.29 is 4.74 Å². The summed E-state index contributed by atoms with van der Waals surface area (Å²) in [6.45, 7) is 8.46. The molecule has 1 saturated heterocycles. The lowest BCUT2D eigenvalue weighted by Crippen LogP contribution is -2.36. The van der Waals surface area contributed by atoms with Gasteiger partial charge in [-0.15, -0.1) is 0 Å². The molecule has 2 rings (SSSR count). The minimum atomic E-state index is 0.701. The number of ether oxygens (including phenoxy) is 1. The molecule has 2 nitrogen and oxygen atoms in total. The molecular formula is C13H21NO. The average Bonchev–Trinajstić information content (AvgIpc) is 2.30. The maximum absolute atomic E-state index is 5.37. The van der Waals surface area contributed by atoms with Gasteiger partial charge in [0.05, 0.1) is 13.2 Å². The van der Waals surface area contributed by atoms with E-state index in [2.05, 4.69) is 30.9 Å². The minimum absolute atomic E-state index is 0.701. The fraction of sp³-hybridized carbons (Fsp3) is 0.692. The first-order valence-corrected chi connectivity index (χ1v) is 5.99. The van der Waals surface area contributed by atoms with Crippen LogP contribution in [0.4, 0.5) is 0 Å². The molecule has 0 atom stereocenters. The SMILES string of the molecule is CC(C)C1=CC=C(N2CCOCC2)CC1. The Morgan fingerprint density at radius 2 is 1.87 bits per heavy atom. The van der Waals surface area contributed by atoms with Gasteiger partial charge in [-0.3, -0.25) is 0 Å². The molecule has 0 N–H and O–H groups in total. The fourth-order valence-electron chi connectivity index (χ4n) is 2.24. The lowest BCUT2D eigenvalue weighted by Gasteiger charge is -2.32. The molecule has 2 aliphatic rings. The molecule has 2 heteroatoms. The van der Waals surface area contributed by atoms with Crippen molar-refractivity contribution in [1.82, 2.24) is 4.90 Å². The Kier molecular flexibility index (Phi) is 3.47. The predicted molar refractivity (Wildman–Crippen MR) is 62.6 cm³/mol. The number of hydrogen-bond acceptors (Lipinski definition) is 2. The molecule has 0 aromatic carbocycles. The van der Waals surface area contributed by atoms with Crippen LogP contribution in [0.5, 0.6) is 0 Å². The van der Waals surface area contributed by atoms with Crippen molar-refractivity contribution in [2.75, 3.05) is 26.3 Å². The molecular weight excluding hydrogens is 186 g/mol. The molecule has 1 aliphatic heterocycles. The van der Waals surface area contributed by atoms with Crippen molar-refractivity contribution in [1.29, 1.82) is 0 Å². The molecule has 0 radical (unpaired) electrons. The Morgan fingerprint density at radius 3 is 2.40 bits per heavy atom. The highest BCUT2D eigenvalue weighted by molar-refractivity contribution is 5.24. The first-order valence-electron chi connectivity index (χ1n) is 5.99.